The van der Waals surface area contributed by atoms with Crippen LogP contribution in [-0.4, -0.2) is 36.8 Å². The lowest BCUT2D eigenvalue weighted by Crippen LogP contribution is -2.42. The summed E-state index contributed by atoms with van der Waals surface area (Å²) < 4.78 is 0. The Balaban J connectivity index is 3.42. The van der Waals surface area contributed by atoms with Gasteiger partial charge >= 0.3 is 0 Å². The standard InChI is InChI=1S/C12H26N2O2/c1-3-4-5-9-14-12(16)11(2)13-8-6-7-10-15/h11,13,15H,3-10H2,1-2H3,(H,14,16). The Kier molecular flexibility index (Phi) is 10.5. The topological polar surface area (TPSA) is 61.4 Å². The maximum atomic E-state index is 11.5. The molecule has 0 spiro atoms. The number of amides is 1. The van der Waals surface area contributed by atoms with Gasteiger partial charge in [0.15, 0.2) is 0 Å². The van der Waals surface area contributed by atoms with Crippen molar-refractivity contribution in [1.82, 2.24) is 10.6 Å². The second kappa shape index (κ2) is 10.9. The first-order valence-electron chi connectivity index (χ1n) is 6.34. The van der Waals surface area contributed by atoms with Gasteiger partial charge in [0.05, 0.1) is 6.04 Å². The van der Waals surface area contributed by atoms with E-state index in [4.69, 9.17) is 5.11 Å². The van der Waals surface area contributed by atoms with E-state index in [0.29, 0.717) is 0 Å². The summed E-state index contributed by atoms with van der Waals surface area (Å²) in [4.78, 5) is 11.5. The normalized spacial score (nSPS) is 12.4. The van der Waals surface area contributed by atoms with Crippen LogP contribution >= 0.6 is 0 Å². The molecule has 0 aromatic heterocycles. The van der Waals surface area contributed by atoms with Gasteiger partial charge in [0.1, 0.15) is 0 Å². The average Bonchev–Trinajstić information content (AvgIpc) is 2.29. The highest BCUT2D eigenvalue weighted by Gasteiger charge is 2.10. The van der Waals surface area contributed by atoms with Gasteiger partial charge in [-0.15, -0.1) is 0 Å². The molecule has 0 heterocycles. The van der Waals surface area contributed by atoms with Crippen LogP contribution in [0.2, 0.25) is 0 Å². The van der Waals surface area contributed by atoms with Crippen LogP contribution in [0.3, 0.4) is 0 Å². The van der Waals surface area contributed by atoms with Crippen LogP contribution < -0.4 is 10.6 Å². The molecule has 96 valence electrons. The lowest BCUT2D eigenvalue weighted by Gasteiger charge is -2.13. The Morgan fingerprint density at radius 1 is 1.19 bits per heavy atom. The summed E-state index contributed by atoms with van der Waals surface area (Å²) in [6.07, 6.45) is 5.09. The highest BCUT2D eigenvalue weighted by molar-refractivity contribution is 5.81. The Bertz CT molecular complexity index is 174. The largest absolute Gasteiger partial charge is 0.396 e. The third kappa shape index (κ3) is 8.68. The van der Waals surface area contributed by atoms with E-state index in [1.807, 2.05) is 6.92 Å². The molecule has 0 aromatic carbocycles. The lowest BCUT2D eigenvalue weighted by atomic mass is 10.2. The van der Waals surface area contributed by atoms with Crippen LogP contribution in [0.1, 0.15) is 46.0 Å². The smallest absolute Gasteiger partial charge is 0.236 e. The molecule has 0 saturated carbocycles. The summed E-state index contributed by atoms with van der Waals surface area (Å²) >= 11 is 0. The predicted octanol–water partition coefficient (Wildman–Crippen LogP) is 1.04. The Hall–Kier alpha value is -0.610. The van der Waals surface area contributed by atoms with E-state index >= 15 is 0 Å². The van der Waals surface area contributed by atoms with Crippen molar-refractivity contribution >= 4 is 5.91 Å². The molecule has 0 rings (SSSR count). The van der Waals surface area contributed by atoms with Crippen LogP contribution in [0.15, 0.2) is 0 Å². The molecule has 16 heavy (non-hydrogen) atoms. The van der Waals surface area contributed by atoms with E-state index in [2.05, 4.69) is 17.6 Å². The van der Waals surface area contributed by atoms with E-state index in [0.717, 1.165) is 32.4 Å². The van der Waals surface area contributed by atoms with Crippen molar-refractivity contribution in [3.05, 3.63) is 0 Å². The molecule has 3 N–H and O–H groups in total. The molecule has 0 bridgehead atoms. The molecule has 1 unspecified atom stereocenters. The van der Waals surface area contributed by atoms with Gasteiger partial charge in [-0.25, -0.2) is 0 Å². The molecular formula is C12H26N2O2. The molecule has 0 aromatic rings. The van der Waals surface area contributed by atoms with Crippen molar-refractivity contribution < 1.29 is 9.90 Å². The molecule has 0 radical (unpaired) electrons. The third-order valence-corrected chi connectivity index (χ3v) is 2.51. The maximum absolute atomic E-state index is 11.5. The van der Waals surface area contributed by atoms with E-state index in [9.17, 15) is 4.79 Å². The van der Waals surface area contributed by atoms with E-state index in [1.54, 1.807) is 0 Å². The van der Waals surface area contributed by atoms with Gasteiger partial charge in [0, 0.05) is 13.2 Å². The molecular weight excluding hydrogens is 204 g/mol. The van der Waals surface area contributed by atoms with Gasteiger partial charge in [-0.1, -0.05) is 19.8 Å². The number of carbonyl (C=O) groups is 1. The zero-order chi connectivity index (χ0) is 12.2. The fourth-order valence-corrected chi connectivity index (χ4v) is 1.39. The Labute approximate surface area is 98.8 Å². The first kappa shape index (κ1) is 15.4. The van der Waals surface area contributed by atoms with Crippen LogP contribution in [0.25, 0.3) is 0 Å². The number of rotatable bonds is 10. The lowest BCUT2D eigenvalue weighted by molar-refractivity contribution is -0.122. The molecule has 0 aliphatic rings. The number of nitrogens with one attached hydrogen (secondary N) is 2. The zero-order valence-corrected chi connectivity index (χ0v) is 10.6. The fourth-order valence-electron chi connectivity index (χ4n) is 1.39. The minimum atomic E-state index is -0.139. The zero-order valence-electron chi connectivity index (χ0n) is 10.6. The highest BCUT2D eigenvalue weighted by atomic mass is 16.2. The van der Waals surface area contributed by atoms with Gasteiger partial charge in [0.25, 0.3) is 0 Å². The Morgan fingerprint density at radius 3 is 2.50 bits per heavy atom. The SMILES string of the molecule is CCCCCNC(=O)C(C)NCCCCO. The van der Waals surface area contributed by atoms with Crippen molar-refractivity contribution in [2.24, 2.45) is 0 Å². The molecule has 1 atom stereocenters. The number of carbonyl (C=O) groups excluding carboxylic acids is 1. The number of aliphatic hydroxyl groups is 1. The molecule has 0 fully saturated rings. The van der Waals surface area contributed by atoms with E-state index < -0.39 is 0 Å². The number of hydrogen-bond donors (Lipinski definition) is 3. The molecule has 0 saturated heterocycles. The number of aliphatic hydroxyl groups excluding tert-OH is 1. The van der Waals surface area contributed by atoms with Crippen LogP contribution in [0.4, 0.5) is 0 Å². The van der Waals surface area contributed by atoms with Gasteiger partial charge in [-0.2, -0.15) is 0 Å². The van der Waals surface area contributed by atoms with Crippen molar-refractivity contribution in [3.63, 3.8) is 0 Å². The Morgan fingerprint density at radius 2 is 1.88 bits per heavy atom. The molecule has 0 aliphatic heterocycles. The van der Waals surface area contributed by atoms with Crippen LogP contribution in [0.5, 0.6) is 0 Å². The molecule has 4 heteroatoms. The predicted molar refractivity (Wildman–Crippen MR) is 66.3 cm³/mol. The third-order valence-electron chi connectivity index (χ3n) is 2.51. The average molecular weight is 230 g/mol. The van der Waals surface area contributed by atoms with E-state index in [-0.39, 0.29) is 18.6 Å². The quantitative estimate of drug-likeness (QED) is 0.491. The fraction of sp³-hybridized carbons (Fsp3) is 0.917. The summed E-state index contributed by atoms with van der Waals surface area (Å²) in [5, 5.41) is 14.6. The molecule has 4 nitrogen and oxygen atoms in total. The molecule has 1 amide bonds. The van der Waals surface area contributed by atoms with Crippen LogP contribution in [0, 0.1) is 0 Å². The van der Waals surface area contributed by atoms with Gasteiger partial charge in [-0.3, -0.25) is 4.79 Å². The monoisotopic (exact) mass is 230 g/mol. The summed E-state index contributed by atoms with van der Waals surface area (Å²) in [7, 11) is 0. The first-order chi connectivity index (χ1) is 7.72. The second-order valence-corrected chi connectivity index (χ2v) is 4.10. The summed E-state index contributed by atoms with van der Waals surface area (Å²) in [5.74, 6) is 0.0695. The van der Waals surface area contributed by atoms with Crippen molar-refractivity contribution in [1.29, 1.82) is 0 Å². The maximum Gasteiger partial charge on any atom is 0.236 e. The van der Waals surface area contributed by atoms with E-state index in [1.165, 1.54) is 12.8 Å². The van der Waals surface area contributed by atoms with Gasteiger partial charge in [0.2, 0.25) is 5.91 Å². The highest BCUT2D eigenvalue weighted by Crippen LogP contribution is 1.92. The van der Waals surface area contributed by atoms with Gasteiger partial charge < -0.3 is 15.7 Å². The number of unbranched alkanes of at least 4 members (excludes halogenated alkanes) is 3. The summed E-state index contributed by atoms with van der Waals surface area (Å²) in [6, 6.07) is -0.139. The molecule has 0 aliphatic carbocycles. The summed E-state index contributed by atoms with van der Waals surface area (Å²) in [6.45, 7) is 5.79. The minimum Gasteiger partial charge on any atom is -0.396 e. The van der Waals surface area contributed by atoms with Gasteiger partial charge in [-0.05, 0) is 32.7 Å². The minimum absolute atomic E-state index is 0.0695. The van der Waals surface area contributed by atoms with Crippen molar-refractivity contribution in [3.8, 4) is 0 Å². The summed E-state index contributed by atoms with van der Waals surface area (Å²) in [5.41, 5.74) is 0. The second-order valence-electron chi connectivity index (χ2n) is 4.10. The van der Waals surface area contributed by atoms with Crippen molar-refractivity contribution in [2.75, 3.05) is 19.7 Å². The van der Waals surface area contributed by atoms with Crippen molar-refractivity contribution in [2.45, 2.75) is 52.0 Å². The first-order valence-corrected chi connectivity index (χ1v) is 6.34. The number of hydrogen-bond acceptors (Lipinski definition) is 3. The van der Waals surface area contributed by atoms with Crippen LogP contribution in [-0.2, 0) is 4.79 Å².